The molecule has 0 unspecified atom stereocenters. The number of rotatable bonds is 5. The molecule has 168 valence electrons. The Hall–Kier alpha value is -4.77. The molecule has 0 amide bonds. The zero-order valence-electron chi connectivity index (χ0n) is 18.6. The number of ether oxygens (including phenoxy) is 1. The summed E-state index contributed by atoms with van der Waals surface area (Å²) in [6, 6.07) is 31.8. The molecular weight excluding hydrogens is 438 g/mol. The van der Waals surface area contributed by atoms with E-state index in [1.165, 1.54) is 0 Å². The molecule has 1 aromatic heterocycles. The van der Waals surface area contributed by atoms with Gasteiger partial charge in [0, 0.05) is 16.5 Å². The molecule has 0 spiro atoms. The standard InChI is InChI=1S/C30H19NO4/c32-26(22-16-15-19-7-1-2-8-21(19)17-22)18-34-30(33)24-12-6-10-20-9-5-11-23(28(20)24)29-31-25-13-3-4-14-27(25)35-29/h1-17H,18H2. The lowest BCUT2D eigenvalue weighted by Crippen LogP contribution is -2.14. The number of hydrogen-bond donors (Lipinski definition) is 0. The number of fused-ring (bicyclic) bond motifs is 3. The fourth-order valence-electron chi connectivity index (χ4n) is 4.33. The number of oxazole rings is 1. The van der Waals surface area contributed by atoms with Crippen LogP contribution >= 0.6 is 0 Å². The molecule has 0 radical (unpaired) electrons. The Bertz CT molecular complexity index is 1710. The molecule has 0 aliphatic carbocycles. The van der Waals surface area contributed by atoms with Gasteiger partial charge in [0.2, 0.25) is 5.89 Å². The maximum absolute atomic E-state index is 13.1. The maximum Gasteiger partial charge on any atom is 0.339 e. The average molecular weight is 457 g/mol. The number of nitrogens with zero attached hydrogens (tertiary/aromatic N) is 1. The largest absolute Gasteiger partial charge is 0.454 e. The zero-order valence-corrected chi connectivity index (χ0v) is 18.6. The quantitative estimate of drug-likeness (QED) is 0.209. The highest BCUT2D eigenvalue weighted by Crippen LogP contribution is 2.33. The molecule has 0 aliphatic rings. The van der Waals surface area contributed by atoms with Crippen LogP contribution in [0.5, 0.6) is 0 Å². The van der Waals surface area contributed by atoms with Crippen LogP contribution in [0.4, 0.5) is 0 Å². The second-order valence-electron chi connectivity index (χ2n) is 8.26. The van der Waals surface area contributed by atoms with Crippen molar-refractivity contribution < 1.29 is 18.7 Å². The molecular formula is C30H19NO4. The molecule has 0 fully saturated rings. The van der Waals surface area contributed by atoms with Gasteiger partial charge in [0.05, 0.1) is 5.56 Å². The Labute approximate surface area is 200 Å². The van der Waals surface area contributed by atoms with E-state index in [1.54, 1.807) is 18.2 Å². The lowest BCUT2D eigenvalue weighted by Gasteiger charge is -2.10. The highest BCUT2D eigenvalue weighted by Gasteiger charge is 2.19. The summed E-state index contributed by atoms with van der Waals surface area (Å²) in [5.41, 5.74) is 2.95. The fourth-order valence-corrected chi connectivity index (χ4v) is 4.33. The SMILES string of the molecule is O=C(COC(=O)c1cccc2cccc(-c3nc4ccccc4o3)c12)c1ccc2ccccc2c1. The molecule has 0 atom stereocenters. The maximum atomic E-state index is 13.1. The van der Waals surface area contributed by atoms with Gasteiger partial charge in [-0.1, -0.05) is 72.8 Å². The predicted octanol–water partition coefficient (Wildman–Crippen LogP) is 6.84. The summed E-state index contributed by atoms with van der Waals surface area (Å²) in [4.78, 5) is 30.5. The minimum Gasteiger partial charge on any atom is -0.454 e. The Morgan fingerprint density at radius 3 is 2.34 bits per heavy atom. The minimum absolute atomic E-state index is 0.261. The predicted molar refractivity (Wildman–Crippen MR) is 136 cm³/mol. The summed E-state index contributed by atoms with van der Waals surface area (Å²) in [6.07, 6.45) is 0. The number of carbonyl (C=O) groups is 2. The number of carbonyl (C=O) groups excluding carboxylic acids is 2. The topological polar surface area (TPSA) is 69.4 Å². The van der Waals surface area contributed by atoms with E-state index in [2.05, 4.69) is 4.98 Å². The lowest BCUT2D eigenvalue weighted by molar-refractivity contribution is 0.0477. The van der Waals surface area contributed by atoms with E-state index < -0.39 is 5.97 Å². The number of esters is 1. The van der Waals surface area contributed by atoms with Gasteiger partial charge in [-0.15, -0.1) is 0 Å². The summed E-state index contributed by atoms with van der Waals surface area (Å²) in [6.45, 7) is -0.349. The van der Waals surface area contributed by atoms with Crippen LogP contribution in [-0.2, 0) is 4.74 Å². The van der Waals surface area contributed by atoms with Crippen LogP contribution in [0.1, 0.15) is 20.7 Å². The Morgan fingerprint density at radius 1 is 0.743 bits per heavy atom. The number of benzene rings is 5. The number of para-hydroxylation sites is 2. The third-order valence-corrected chi connectivity index (χ3v) is 6.05. The normalized spacial score (nSPS) is 11.2. The number of Topliss-reactive ketones (excluding diaryl/α,β-unsaturated/α-hetero) is 1. The Kier molecular flexibility index (Phi) is 5.08. The van der Waals surface area contributed by atoms with E-state index in [0.717, 1.165) is 21.7 Å². The molecule has 0 aliphatic heterocycles. The molecule has 0 saturated carbocycles. The first-order valence-electron chi connectivity index (χ1n) is 11.2. The monoisotopic (exact) mass is 457 g/mol. The van der Waals surface area contributed by atoms with Gasteiger partial charge in [-0.25, -0.2) is 9.78 Å². The summed E-state index contributed by atoms with van der Waals surface area (Å²) in [5, 5.41) is 3.52. The molecule has 35 heavy (non-hydrogen) atoms. The van der Waals surface area contributed by atoms with E-state index in [1.807, 2.05) is 84.9 Å². The van der Waals surface area contributed by atoms with Gasteiger partial charge in [-0.05, 0) is 46.5 Å². The fraction of sp³-hybridized carbons (Fsp3) is 0.0333. The van der Waals surface area contributed by atoms with Crippen molar-refractivity contribution in [2.45, 2.75) is 0 Å². The second-order valence-corrected chi connectivity index (χ2v) is 8.26. The summed E-state index contributed by atoms with van der Waals surface area (Å²) >= 11 is 0. The Balaban J connectivity index is 1.32. The number of hydrogen-bond acceptors (Lipinski definition) is 5. The van der Waals surface area contributed by atoms with Crippen molar-refractivity contribution in [2.75, 3.05) is 6.61 Å². The molecule has 5 heteroatoms. The molecule has 1 heterocycles. The van der Waals surface area contributed by atoms with Gasteiger partial charge in [0.1, 0.15) is 5.52 Å². The van der Waals surface area contributed by atoms with E-state index in [9.17, 15) is 9.59 Å². The summed E-state index contributed by atoms with van der Waals surface area (Å²) < 4.78 is 11.4. The second kappa shape index (κ2) is 8.54. The number of aromatic nitrogens is 1. The van der Waals surface area contributed by atoms with Gasteiger partial charge in [0.15, 0.2) is 18.0 Å². The van der Waals surface area contributed by atoms with Crippen molar-refractivity contribution in [2.24, 2.45) is 0 Å². The molecule has 5 aromatic carbocycles. The van der Waals surface area contributed by atoms with Crippen LogP contribution in [0.3, 0.4) is 0 Å². The molecule has 0 bridgehead atoms. The van der Waals surface area contributed by atoms with Crippen molar-refractivity contribution in [1.29, 1.82) is 0 Å². The van der Waals surface area contributed by atoms with Gasteiger partial charge in [-0.3, -0.25) is 4.79 Å². The van der Waals surface area contributed by atoms with Gasteiger partial charge in [-0.2, -0.15) is 0 Å². The molecule has 6 rings (SSSR count). The third kappa shape index (κ3) is 3.83. The van der Waals surface area contributed by atoms with E-state index >= 15 is 0 Å². The van der Waals surface area contributed by atoms with Gasteiger partial charge in [0.25, 0.3) is 0 Å². The third-order valence-electron chi connectivity index (χ3n) is 6.05. The highest BCUT2D eigenvalue weighted by molar-refractivity contribution is 6.11. The summed E-state index contributed by atoms with van der Waals surface area (Å²) in [5.74, 6) is -0.416. The van der Waals surface area contributed by atoms with Crippen molar-refractivity contribution in [1.82, 2.24) is 4.98 Å². The smallest absolute Gasteiger partial charge is 0.339 e. The first-order chi connectivity index (χ1) is 17.2. The Morgan fingerprint density at radius 2 is 1.49 bits per heavy atom. The number of ketones is 1. The van der Waals surface area contributed by atoms with Crippen molar-refractivity contribution >= 4 is 44.4 Å². The van der Waals surface area contributed by atoms with E-state index in [0.29, 0.717) is 33.6 Å². The van der Waals surface area contributed by atoms with E-state index in [-0.39, 0.29) is 12.4 Å². The minimum atomic E-state index is -0.576. The first kappa shape index (κ1) is 20.8. The van der Waals surface area contributed by atoms with Crippen LogP contribution in [0.2, 0.25) is 0 Å². The van der Waals surface area contributed by atoms with Crippen LogP contribution in [-0.4, -0.2) is 23.3 Å². The average Bonchev–Trinajstić information content (AvgIpc) is 3.35. The van der Waals surface area contributed by atoms with Crippen LogP contribution in [0.25, 0.3) is 44.1 Å². The van der Waals surface area contributed by atoms with Crippen molar-refractivity contribution in [3.63, 3.8) is 0 Å². The molecule has 0 N–H and O–H groups in total. The molecule has 0 saturated heterocycles. The van der Waals surface area contributed by atoms with Crippen LogP contribution in [0.15, 0.2) is 108 Å². The van der Waals surface area contributed by atoms with Gasteiger partial charge >= 0.3 is 5.97 Å². The van der Waals surface area contributed by atoms with Crippen molar-refractivity contribution in [3.05, 3.63) is 114 Å². The van der Waals surface area contributed by atoms with Crippen molar-refractivity contribution in [3.8, 4) is 11.5 Å². The van der Waals surface area contributed by atoms with E-state index in [4.69, 9.17) is 9.15 Å². The molecule has 6 aromatic rings. The zero-order chi connectivity index (χ0) is 23.8. The summed E-state index contributed by atoms with van der Waals surface area (Å²) in [7, 11) is 0. The lowest BCUT2D eigenvalue weighted by atomic mass is 9.99. The van der Waals surface area contributed by atoms with Crippen LogP contribution in [0, 0.1) is 0 Å². The highest BCUT2D eigenvalue weighted by atomic mass is 16.5. The van der Waals surface area contributed by atoms with Crippen LogP contribution < -0.4 is 0 Å². The molecule has 5 nitrogen and oxygen atoms in total. The van der Waals surface area contributed by atoms with Gasteiger partial charge < -0.3 is 9.15 Å². The first-order valence-corrected chi connectivity index (χ1v) is 11.2.